The molecule has 0 radical (unpaired) electrons. The minimum absolute atomic E-state index is 0.492. The number of hydrogen-bond donors (Lipinski definition) is 0. The van der Waals surface area contributed by atoms with Crippen molar-refractivity contribution in [1.82, 2.24) is 9.61 Å². The second-order valence-electron chi connectivity index (χ2n) is 2.48. The number of rotatable bonds is 1. The molecule has 0 aliphatic rings. The van der Waals surface area contributed by atoms with Gasteiger partial charge in [-0.2, -0.15) is 5.10 Å². The second-order valence-corrected chi connectivity index (χ2v) is 3.70. The number of halogens is 2. The fourth-order valence-electron chi connectivity index (χ4n) is 1.14. The van der Waals surface area contributed by atoms with Crippen molar-refractivity contribution in [3.05, 3.63) is 33.5 Å². The van der Waals surface area contributed by atoms with E-state index < -0.39 is 0 Å². The van der Waals surface area contributed by atoms with Gasteiger partial charge in [0.25, 0.3) is 0 Å². The van der Waals surface area contributed by atoms with Gasteiger partial charge in [-0.15, -0.1) is 0 Å². The van der Waals surface area contributed by atoms with E-state index in [1.54, 1.807) is 16.6 Å². The Bertz CT molecular complexity index is 480. The number of aromatic nitrogens is 2. The normalized spacial score (nSPS) is 10.6. The predicted octanol–water partition coefficient (Wildman–Crippen LogP) is 2.56. The number of nitrogens with zero attached hydrogens (tertiary/aromatic N) is 2. The minimum atomic E-state index is 0.492. The number of hydrogen-bond acceptors (Lipinski definition) is 2. The first kappa shape index (κ1) is 8.72. The van der Waals surface area contributed by atoms with Gasteiger partial charge in [-0.25, -0.2) is 4.52 Å². The van der Waals surface area contributed by atoms with E-state index >= 15 is 0 Å². The van der Waals surface area contributed by atoms with Gasteiger partial charge >= 0.3 is 0 Å². The summed E-state index contributed by atoms with van der Waals surface area (Å²) in [6.45, 7) is 0. The van der Waals surface area contributed by atoms with Gasteiger partial charge in [0, 0.05) is 0 Å². The summed E-state index contributed by atoms with van der Waals surface area (Å²) in [5.74, 6) is 0. The Morgan fingerprint density at radius 2 is 2.31 bits per heavy atom. The molecule has 2 aromatic heterocycles. The van der Waals surface area contributed by atoms with E-state index in [9.17, 15) is 4.79 Å². The van der Waals surface area contributed by atoms with Crippen LogP contribution in [0, 0.1) is 0 Å². The zero-order chi connectivity index (χ0) is 9.42. The standard InChI is InChI=1S/C8H4BrClN2O/c9-7-2-1-6(10)8-5(4-13)3-11-12(7)8/h1-4H. The molecular formula is C8H4BrClN2O. The summed E-state index contributed by atoms with van der Waals surface area (Å²) in [5, 5.41) is 4.52. The third-order valence-corrected chi connectivity index (χ3v) is 2.63. The van der Waals surface area contributed by atoms with Crippen LogP contribution in [0.3, 0.4) is 0 Å². The predicted molar refractivity (Wildman–Crippen MR) is 53.3 cm³/mol. The molecule has 13 heavy (non-hydrogen) atoms. The lowest BCUT2D eigenvalue weighted by Gasteiger charge is -1.98. The Morgan fingerprint density at radius 1 is 1.54 bits per heavy atom. The first-order valence-electron chi connectivity index (χ1n) is 3.51. The van der Waals surface area contributed by atoms with Gasteiger partial charge < -0.3 is 0 Å². The van der Waals surface area contributed by atoms with E-state index in [1.807, 2.05) is 0 Å². The fraction of sp³-hybridized carbons (Fsp3) is 0. The first-order valence-corrected chi connectivity index (χ1v) is 4.68. The van der Waals surface area contributed by atoms with Crippen molar-refractivity contribution in [2.45, 2.75) is 0 Å². The van der Waals surface area contributed by atoms with Crippen molar-refractivity contribution in [2.24, 2.45) is 0 Å². The Balaban J connectivity index is 2.95. The van der Waals surface area contributed by atoms with Crippen LogP contribution in [0.2, 0.25) is 5.02 Å². The molecule has 2 aromatic rings. The first-order chi connectivity index (χ1) is 6.24. The molecule has 5 heteroatoms. The second kappa shape index (κ2) is 3.12. The summed E-state index contributed by atoms with van der Waals surface area (Å²) in [7, 11) is 0. The highest BCUT2D eigenvalue weighted by Gasteiger charge is 2.08. The number of aldehydes is 1. The zero-order valence-electron chi connectivity index (χ0n) is 6.37. The topological polar surface area (TPSA) is 34.4 Å². The van der Waals surface area contributed by atoms with Crippen LogP contribution in [-0.2, 0) is 0 Å². The van der Waals surface area contributed by atoms with Crippen molar-refractivity contribution in [3.8, 4) is 0 Å². The Kier molecular flexibility index (Phi) is 2.09. The van der Waals surface area contributed by atoms with Crippen LogP contribution < -0.4 is 0 Å². The molecule has 0 aliphatic heterocycles. The van der Waals surface area contributed by atoms with E-state index in [1.165, 1.54) is 6.20 Å². The van der Waals surface area contributed by atoms with Crippen molar-refractivity contribution in [2.75, 3.05) is 0 Å². The number of fused-ring (bicyclic) bond motifs is 1. The summed E-state index contributed by atoms with van der Waals surface area (Å²) in [6.07, 6.45) is 2.22. The van der Waals surface area contributed by atoms with Crippen LogP contribution in [0.25, 0.3) is 5.52 Å². The molecule has 0 unspecified atom stereocenters. The lowest BCUT2D eigenvalue weighted by atomic mass is 10.3. The van der Waals surface area contributed by atoms with Crippen LogP contribution >= 0.6 is 27.5 Å². The molecule has 0 N–H and O–H groups in total. The van der Waals surface area contributed by atoms with Gasteiger partial charge in [-0.1, -0.05) is 11.6 Å². The molecule has 0 spiro atoms. The highest BCUT2D eigenvalue weighted by molar-refractivity contribution is 9.10. The summed E-state index contributed by atoms with van der Waals surface area (Å²) in [4.78, 5) is 10.6. The molecule has 0 bridgehead atoms. The fourth-order valence-corrected chi connectivity index (χ4v) is 1.79. The Labute approximate surface area is 87.4 Å². The molecule has 66 valence electrons. The van der Waals surface area contributed by atoms with Crippen LogP contribution in [0.5, 0.6) is 0 Å². The summed E-state index contributed by atoms with van der Waals surface area (Å²) in [6, 6.07) is 3.49. The number of pyridine rings is 1. The molecule has 0 aromatic carbocycles. The van der Waals surface area contributed by atoms with Crippen LogP contribution in [0.15, 0.2) is 22.9 Å². The molecule has 0 fully saturated rings. The van der Waals surface area contributed by atoms with E-state index in [0.717, 1.165) is 10.9 Å². The van der Waals surface area contributed by atoms with Crippen molar-refractivity contribution in [3.63, 3.8) is 0 Å². The zero-order valence-corrected chi connectivity index (χ0v) is 8.71. The lowest BCUT2D eigenvalue weighted by molar-refractivity contribution is 0.112. The Hall–Kier alpha value is -0.870. The average Bonchev–Trinajstić information content (AvgIpc) is 2.56. The number of carbonyl (C=O) groups is 1. The third kappa shape index (κ3) is 1.26. The van der Waals surface area contributed by atoms with Gasteiger partial charge in [-0.05, 0) is 28.1 Å². The summed E-state index contributed by atoms with van der Waals surface area (Å²) >= 11 is 9.21. The van der Waals surface area contributed by atoms with Crippen LogP contribution in [0.4, 0.5) is 0 Å². The molecule has 0 saturated heterocycles. The van der Waals surface area contributed by atoms with Gasteiger partial charge in [0.1, 0.15) is 4.60 Å². The van der Waals surface area contributed by atoms with Gasteiger partial charge in [0.2, 0.25) is 0 Å². The SMILES string of the molecule is O=Cc1cnn2c(Br)ccc(Cl)c12. The van der Waals surface area contributed by atoms with E-state index in [-0.39, 0.29) is 0 Å². The smallest absolute Gasteiger partial charge is 0.153 e. The summed E-state index contributed by atoms with van der Waals surface area (Å²) in [5.41, 5.74) is 1.12. The largest absolute Gasteiger partial charge is 0.298 e. The molecular weight excluding hydrogens is 255 g/mol. The quantitative estimate of drug-likeness (QED) is 0.583. The van der Waals surface area contributed by atoms with Gasteiger partial charge in [0.05, 0.1) is 22.3 Å². The van der Waals surface area contributed by atoms with E-state index in [4.69, 9.17) is 11.6 Å². The molecule has 0 amide bonds. The van der Waals surface area contributed by atoms with Crippen LogP contribution in [0.1, 0.15) is 10.4 Å². The monoisotopic (exact) mass is 258 g/mol. The van der Waals surface area contributed by atoms with Crippen molar-refractivity contribution in [1.29, 1.82) is 0 Å². The molecule has 3 nitrogen and oxygen atoms in total. The molecule has 0 atom stereocenters. The van der Waals surface area contributed by atoms with Gasteiger partial charge in [0.15, 0.2) is 6.29 Å². The van der Waals surface area contributed by atoms with Crippen molar-refractivity contribution < 1.29 is 4.79 Å². The lowest BCUT2D eigenvalue weighted by Crippen LogP contribution is -1.89. The van der Waals surface area contributed by atoms with E-state index in [2.05, 4.69) is 21.0 Å². The van der Waals surface area contributed by atoms with Crippen LogP contribution in [-0.4, -0.2) is 15.9 Å². The maximum absolute atomic E-state index is 10.6. The van der Waals surface area contributed by atoms with Gasteiger partial charge in [-0.3, -0.25) is 4.79 Å². The highest BCUT2D eigenvalue weighted by Crippen LogP contribution is 2.23. The maximum atomic E-state index is 10.6. The molecule has 2 heterocycles. The summed E-state index contributed by atoms with van der Waals surface area (Å²) < 4.78 is 2.34. The molecule has 0 saturated carbocycles. The average molecular weight is 259 g/mol. The van der Waals surface area contributed by atoms with E-state index in [0.29, 0.717) is 16.1 Å². The minimum Gasteiger partial charge on any atom is -0.298 e. The third-order valence-electron chi connectivity index (χ3n) is 1.72. The Morgan fingerprint density at radius 3 is 3.00 bits per heavy atom. The highest BCUT2D eigenvalue weighted by atomic mass is 79.9. The van der Waals surface area contributed by atoms with Crippen molar-refractivity contribution >= 4 is 39.3 Å². The maximum Gasteiger partial charge on any atom is 0.153 e. The molecule has 0 aliphatic carbocycles. The number of carbonyl (C=O) groups excluding carboxylic acids is 1. The molecule has 2 rings (SSSR count).